The number of allylic oxidation sites excluding steroid dienone is 2. The summed E-state index contributed by atoms with van der Waals surface area (Å²) in [6.45, 7) is 0. The summed E-state index contributed by atoms with van der Waals surface area (Å²) < 4.78 is 14.0. The van der Waals surface area contributed by atoms with Crippen LogP contribution >= 0.6 is 0 Å². The number of nitrogens with one attached hydrogen (secondary N) is 3. The van der Waals surface area contributed by atoms with E-state index in [-0.39, 0.29) is 18.1 Å². The largest absolute Gasteiger partial charge is 0.324 e. The molecule has 0 saturated carbocycles. The maximum absolute atomic E-state index is 14.0. The van der Waals surface area contributed by atoms with Crippen LogP contribution in [0.5, 0.6) is 0 Å². The molecule has 0 aromatic heterocycles. The second kappa shape index (κ2) is 7.00. The van der Waals surface area contributed by atoms with Crippen molar-refractivity contribution in [1.82, 2.24) is 0 Å². The summed E-state index contributed by atoms with van der Waals surface area (Å²) in [7, 11) is 0. The molecule has 1 aliphatic rings. The maximum atomic E-state index is 14.0. The predicted octanol–water partition coefficient (Wildman–Crippen LogP) is 4.13. The van der Waals surface area contributed by atoms with E-state index in [1.54, 1.807) is 36.4 Å². The fourth-order valence-corrected chi connectivity index (χ4v) is 2.61. The summed E-state index contributed by atoms with van der Waals surface area (Å²) in [5, 5.41) is 17.4. The highest BCUT2D eigenvalue weighted by molar-refractivity contribution is 6.25. The van der Waals surface area contributed by atoms with Crippen LogP contribution in [0.15, 0.2) is 59.1 Å². The molecule has 0 saturated heterocycles. The van der Waals surface area contributed by atoms with Crippen molar-refractivity contribution in [3.8, 4) is 11.1 Å². The number of fused-ring (bicyclic) bond motifs is 1. The van der Waals surface area contributed by atoms with Crippen LogP contribution in [-0.2, 0) is 4.79 Å². The average molecular weight is 334 g/mol. The smallest absolute Gasteiger partial charge is 0.230 e. The third kappa shape index (κ3) is 3.42. The first-order valence-corrected chi connectivity index (χ1v) is 7.60. The molecule has 25 heavy (non-hydrogen) atoms. The summed E-state index contributed by atoms with van der Waals surface area (Å²) in [6.07, 6.45) is 3.53. The van der Waals surface area contributed by atoms with Gasteiger partial charge < -0.3 is 16.1 Å². The van der Waals surface area contributed by atoms with E-state index in [0.29, 0.717) is 33.8 Å². The fraction of sp³-hybridized carbons (Fsp3) is 0.0526. The Hall–Kier alpha value is -3.41. The lowest BCUT2D eigenvalue weighted by atomic mass is 10.0. The minimum atomic E-state index is -0.341. The van der Waals surface area contributed by atoms with E-state index in [9.17, 15) is 9.18 Å². The van der Waals surface area contributed by atoms with Crippen molar-refractivity contribution in [1.29, 1.82) is 10.8 Å². The van der Waals surface area contributed by atoms with Crippen LogP contribution in [0.4, 0.5) is 15.8 Å². The van der Waals surface area contributed by atoms with Crippen molar-refractivity contribution in [2.75, 3.05) is 5.32 Å². The third-order valence-electron chi connectivity index (χ3n) is 3.79. The van der Waals surface area contributed by atoms with E-state index in [0.717, 1.165) is 12.4 Å². The monoisotopic (exact) mass is 334 g/mol. The molecule has 5 nitrogen and oxygen atoms in total. The average Bonchev–Trinajstić information content (AvgIpc) is 2.77. The molecule has 1 heterocycles. The Bertz CT molecular complexity index is 931. The van der Waals surface area contributed by atoms with Crippen LogP contribution in [0.25, 0.3) is 11.1 Å². The number of carbonyl (C=O) groups excluding carboxylic acids is 1. The Morgan fingerprint density at radius 2 is 2.00 bits per heavy atom. The van der Waals surface area contributed by atoms with Crippen LogP contribution in [0.3, 0.4) is 0 Å². The van der Waals surface area contributed by atoms with Gasteiger partial charge in [0.1, 0.15) is 5.82 Å². The molecule has 0 atom stereocenters. The Labute approximate surface area is 143 Å². The lowest BCUT2D eigenvalue weighted by molar-refractivity contribution is -0.115. The number of hydrogen-bond donors (Lipinski definition) is 3. The Morgan fingerprint density at radius 1 is 1.20 bits per heavy atom. The van der Waals surface area contributed by atoms with Crippen molar-refractivity contribution in [2.24, 2.45) is 4.99 Å². The van der Waals surface area contributed by atoms with Gasteiger partial charge >= 0.3 is 0 Å². The first-order chi connectivity index (χ1) is 12.1. The van der Waals surface area contributed by atoms with Gasteiger partial charge in [-0.1, -0.05) is 24.3 Å². The van der Waals surface area contributed by atoms with E-state index >= 15 is 0 Å². The molecule has 1 amide bonds. The van der Waals surface area contributed by atoms with E-state index in [1.165, 1.54) is 12.1 Å². The number of anilines is 1. The second-order valence-electron chi connectivity index (χ2n) is 5.43. The highest BCUT2D eigenvalue weighted by Crippen LogP contribution is 2.34. The topological polar surface area (TPSA) is 89.2 Å². The standard InChI is InChI=1S/C19H15FN4O/c20-15-4-2-1-3-14(15)12-5-6-16-18(9-12)24-19(25)10-17(23-16)13(11-22)7-8-21/h1-9,11,21-22H,10H2,(H,24,25)/b13-7+,21-8?,22-11?. The molecule has 0 unspecified atom stereocenters. The van der Waals surface area contributed by atoms with E-state index in [4.69, 9.17) is 10.8 Å². The highest BCUT2D eigenvalue weighted by Gasteiger charge is 2.18. The molecule has 0 spiro atoms. The summed E-state index contributed by atoms with van der Waals surface area (Å²) in [6, 6.07) is 11.5. The minimum Gasteiger partial charge on any atom is -0.324 e. The number of aliphatic imine (C=N–C) groups is 1. The molecule has 0 radical (unpaired) electrons. The SMILES string of the molecule is N=C/C=C(\C=N)C1=Nc2ccc(-c3ccccc3F)cc2NC(=O)C1. The summed E-state index contributed by atoms with van der Waals surface area (Å²) in [4.78, 5) is 16.6. The quantitative estimate of drug-likeness (QED) is 0.721. The van der Waals surface area contributed by atoms with Crippen molar-refractivity contribution in [3.63, 3.8) is 0 Å². The number of nitrogens with zero attached hydrogens (tertiary/aromatic N) is 1. The number of halogens is 1. The molecular weight excluding hydrogens is 319 g/mol. The maximum Gasteiger partial charge on any atom is 0.230 e. The summed E-state index contributed by atoms with van der Waals surface area (Å²) in [5.41, 5.74) is 2.90. The van der Waals surface area contributed by atoms with Gasteiger partial charge in [-0.2, -0.15) is 0 Å². The van der Waals surface area contributed by atoms with E-state index < -0.39 is 0 Å². The van der Waals surface area contributed by atoms with Crippen LogP contribution in [0.2, 0.25) is 0 Å². The van der Waals surface area contributed by atoms with Crippen molar-refractivity contribution < 1.29 is 9.18 Å². The van der Waals surface area contributed by atoms with Crippen LogP contribution in [0.1, 0.15) is 6.42 Å². The van der Waals surface area contributed by atoms with Crippen molar-refractivity contribution in [3.05, 3.63) is 59.9 Å². The molecule has 1 aliphatic heterocycles. The molecule has 6 heteroatoms. The lowest BCUT2D eigenvalue weighted by Gasteiger charge is -2.09. The van der Waals surface area contributed by atoms with Gasteiger partial charge in [-0.25, -0.2) is 4.39 Å². The molecule has 2 aromatic rings. The fourth-order valence-electron chi connectivity index (χ4n) is 2.61. The molecule has 124 valence electrons. The zero-order valence-electron chi connectivity index (χ0n) is 13.2. The first kappa shape index (κ1) is 16.4. The number of amides is 1. The van der Waals surface area contributed by atoms with Crippen LogP contribution in [0, 0.1) is 16.6 Å². The van der Waals surface area contributed by atoms with Gasteiger partial charge in [0, 0.05) is 23.6 Å². The summed E-state index contributed by atoms with van der Waals surface area (Å²) >= 11 is 0. The normalized spacial score (nSPS) is 14.0. The predicted molar refractivity (Wildman–Crippen MR) is 97.8 cm³/mol. The van der Waals surface area contributed by atoms with Gasteiger partial charge in [0.15, 0.2) is 0 Å². The van der Waals surface area contributed by atoms with E-state index in [2.05, 4.69) is 10.3 Å². The molecular formula is C19H15FN4O. The summed E-state index contributed by atoms with van der Waals surface area (Å²) in [5.74, 6) is -0.618. The lowest BCUT2D eigenvalue weighted by Crippen LogP contribution is -2.16. The Kier molecular flexibility index (Phi) is 4.61. The molecule has 0 fully saturated rings. The number of benzene rings is 2. The highest BCUT2D eigenvalue weighted by atomic mass is 19.1. The molecule has 0 bridgehead atoms. The second-order valence-corrected chi connectivity index (χ2v) is 5.43. The molecule has 3 rings (SSSR count). The van der Waals surface area contributed by atoms with Gasteiger partial charge in [0.2, 0.25) is 5.91 Å². The third-order valence-corrected chi connectivity index (χ3v) is 3.79. The van der Waals surface area contributed by atoms with Crippen molar-refractivity contribution >= 4 is 35.4 Å². The van der Waals surface area contributed by atoms with Gasteiger partial charge in [0.05, 0.1) is 23.5 Å². The van der Waals surface area contributed by atoms with Gasteiger partial charge in [0.25, 0.3) is 0 Å². The van der Waals surface area contributed by atoms with Gasteiger partial charge in [-0.3, -0.25) is 9.79 Å². The number of hydrogen-bond acceptors (Lipinski definition) is 4. The zero-order valence-corrected chi connectivity index (χ0v) is 13.2. The zero-order chi connectivity index (χ0) is 17.8. The Morgan fingerprint density at radius 3 is 2.72 bits per heavy atom. The molecule has 0 aliphatic carbocycles. The van der Waals surface area contributed by atoms with Crippen LogP contribution < -0.4 is 5.32 Å². The minimum absolute atomic E-state index is 0.00123. The van der Waals surface area contributed by atoms with Gasteiger partial charge in [-0.05, 0) is 29.8 Å². The van der Waals surface area contributed by atoms with Crippen molar-refractivity contribution in [2.45, 2.75) is 6.42 Å². The molecule has 2 aromatic carbocycles. The number of rotatable bonds is 4. The number of carbonyl (C=O) groups is 1. The van der Waals surface area contributed by atoms with Crippen LogP contribution in [-0.4, -0.2) is 24.0 Å². The van der Waals surface area contributed by atoms with E-state index in [1.807, 2.05) is 0 Å². The van der Waals surface area contributed by atoms with Gasteiger partial charge in [-0.15, -0.1) is 0 Å². The Balaban J connectivity index is 2.09. The molecule has 3 N–H and O–H groups in total. The first-order valence-electron chi connectivity index (χ1n) is 7.60.